The van der Waals surface area contributed by atoms with Gasteiger partial charge in [0.05, 0.1) is 0 Å². The maximum atomic E-state index is 4.13. The second-order valence-electron chi connectivity index (χ2n) is 3.19. The lowest BCUT2D eigenvalue weighted by Crippen LogP contribution is -2.10. The zero-order valence-corrected chi connectivity index (χ0v) is 6.84. The molecule has 10 heavy (non-hydrogen) atoms. The van der Waals surface area contributed by atoms with E-state index >= 15 is 0 Å². The summed E-state index contributed by atoms with van der Waals surface area (Å²) in [5.74, 6) is 1.43. The smallest absolute Gasteiger partial charge is 0.0205 e. The van der Waals surface area contributed by atoms with Crippen molar-refractivity contribution in [1.29, 1.82) is 0 Å². The molecule has 0 aliphatic heterocycles. The van der Waals surface area contributed by atoms with Gasteiger partial charge in [-0.25, -0.2) is 0 Å². The molecule has 0 amide bonds. The Labute approximate surface area is 64.3 Å². The van der Waals surface area contributed by atoms with Crippen LogP contribution < -0.4 is 0 Å². The lowest BCUT2D eigenvalue weighted by atomic mass is 9.84. The molecule has 1 aliphatic carbocycles. The Morgan fingerprint density at radius 2 is 2.50 bits per heavy atom. The molecule has 0 fully saturated rings. The lowest BCUT2D eigenvalue weighted by Gasteiger charge is -2.21. The van der Waals surface area contributed by atoms with Crippen LogP contribution in [0.1, 0.15) is 32.6 Å². The van der Waals surface area contributed by atoms with Crippen LogP contribution in [-0.2, 0) is 0 Å². The predicted octanol–water partition coefficient (Wildman–Crippen LogP) is 3.20. The Hall–Kier alpha value is -0.260. The van der Waals surface area contributed by atoms with Gasteiger partial charge in [0.1, 0.15) is 0 Å². The quantitative estimate of drug-likeness (QED) is 0.513. The van der Waals surface area contributed by atoms with E-state index in [9.17, 15) is 0 Å². The average Bonchev–Trinajstić information content (AvgIpc) is 2.05. The van der Waals surface area contributed by atoms with Crippen molar-refractivity contribution in [3.63, 3.8) is 0 Å². The highest BCUT2D eigenvalue weighted by Gasteiger charge is 2.13. The summed E-state index contributed by atoms with van der Waals surface area (Å²) >= 11 is 0. The van der Waals surface area contributed by atoms with Gasteiger partial charge in [0.15, 0.2) is 0 Å². The molecule has 1 rings (SSSR count). The molecule has 0 heterocycles. The van der Waals surface area contributed by atoms with Crippen LogP contribution in [0, 0.1) is 18.8 Å². The molecule has 0 bridgehead atoms. The Kier molecular flexibility index (Phi) is 2.98. The first-order valence-electron chi connectivity index (χ1n) is 4.34. The SMILES string of the molecule is [CH2]C(CC)C1C=CCCC1. The molecule has 1 radical (unpaired) electrons. The van der Waals surface area contributed by atoms with Crippen molar-refractivity contribution < 1.29 is 0 Å². The molecule has 0 spiro atoms. The molecule has 0 N–H and O–H groups in total. The number of allylic oxidation sites excluding steroid dienone is 2. The van der Waals surface area contributed by atoms with Crippen LogP contribution in [-0.4, -0.2) is 0 Å². The van der Waals surface area contributed by atoms with Gasteiger partial charge >= 0.3 is 0 Å². The minimum Gasteiger partial charge on any atom is -0.0882 e. The van der Waals surface area contributed by atoms with Gasteiger partial charge in [-0.2, -0.15) is 0 Å². The predicted molar refractivity (Wildman–Crippen MR) is 45.6 cm³/mol. The van der Waals surface area contributed by atoms with Crippen molar-refractivity contribution in [2.75, 3.05) is 0 Å². The number of rotatable bonds is 2. The van der Waals surface area contributed by atoms with Gasteiger partial charge in [-0.15, -0.1) is 0 Å². The number of hydrogen-bond acceptors (Lipinski definition) is 0. The molecular formula is C10H17. The van der Waals surface area contributed by atoms with E-state index in [1.165, 1.54) is 25.7 Å². The molecule has 0 nitrogen and oxygen atoms in total. The van der Waals surface area contributed by atoms with E-state index in [-0.39, 0.29) is 0 Å². The Balaban J connectivity index is 2.38. The topological polar surface area (TPSA) is 0 Å². The monoisotopic (exact) mass is 137 g/mol. The van der Waals surface area contributed by atoms with Crippen LogP contribution in [0.2, 0.25) is 0 Å². The van der Waals surface area contributed by atoms with Gasteiger partial charge in [0.25, 0.3) is 0 Å². The van der Waals surface area contributed by atoms with Crippen molar-refractivity contribution >= 4 is 0 Å². The molecule has 1 aliphatic rings. The second-order valence-corrected chi connectivity index (χ2v) is 3.19. The normalized spacial score (nSPS) is 28.4. The van der Waals surface area contributed by atoms with E-state index in [0.29, 0.717) is 5.92 Å². The van der Waals surface area contributed by atoms with Crippen LogP contribution in [0.15, 0.2) is 12.2 Å². The third kappa shape index (κ3) is 1.86. The van der Waals surface area contributed by atoms with E-state index in [4.69, 9.17) is 0 Å². The maximum Gasteiger partial charge on any atom is -0.0205 e. The van der Waals surface area contributed by atoms with Crippen LogP contribution in [0.5, 0.6) is 0 Å². The molecule has 0 heteroatoms. The van der Waals surface area contributed by atoms with Crippen LogP contribution in [0.4, 0.5) is 0 Å². The zero-order valence-electron chi connectivity index (χ0n) is 6.84. The molecule has 2 unspecified atom stereocenters. The van der Waals surface area contributed by atoms with E-state index in [2.05, 4.69) is 26.0 Å². The van der Waals surface area contributed by atoms with Crippen molar-refractivity contribution in [3.8, 4) is 0 Å². The van der Waals surface area contributed by atoms with Crippen molar-refractivity contribution in [3.05, 3.63) is 19.1 Å². The maximum absolute atomic E-state index is 4.13. The molecule has 2 atom stereocenters. The van der Waals surface area contributed by atoms with Gasteiger partial charge in [-0.05, 0) is 38.0 Å². The second kappa shape index (κ2) is 3.80. The fraction of sp³-hybridized carbons (Fsp3) is 0.700. The van der Waals surface area contributed by atoms with Crippen molar-refractivity contribution in [2.45, 2.75) is 32.6 Å². The van der Waals surface area contributed by atoms with E-state index < -0.39 is 0 Å². The van der Waals surface area contributed by atoms with Crippen LogP contribution in [0.3, 0.4) is 0 Å². The fourth-order valence-corrected chi connectivity index (χ4v) is 1.53. The summed E-state index contributed by atoms with van der Waals surface area (Å²) < 4.78 is 0. The molecule has 0 aromatic carbocycles. The summed E-state index contributed by atoms with van der Waals surface area (Å²) in [6, 6.07) is 0. The molecule has 0 aromatic heterocycles. The Morgan fingerprint density at radius 3 is 3.00 bits per heavy atom. The van der Waals surface area contributed by atoms with Gasteiger partial charge < -0.3 is 0 Å². The van der Waals surface area contributed by atoms with Gasteiger partial charge in [-0.1, -0.05) is 25.5 Å². The van der Waals surface area contributed by atoms with Crippen molar-refractivity contribution in [2.24, 2.45) is 11.8 Å². The first kappa shape index (κ1) is 7.84. The third-order valence-corrected chi connectivity index (χ3v) is 2.42. The summed E-state index contributed by atoms with van der Waals surface area (Å²) in [5, 5.41) is 0. The summed E-state index contributed by atoms with van der Waals surface area (Å²) in [6.07, 6.45) is 9.89. The Bertz CT molecular complexity index is 113. The first-order chi connectivity index (χ1) is 4.84. The zero-order chi connectivity index (χ0) is 7.40. The summed E-state index contributed by atoms with van der Waals surface area (Å²) in [7, 11) is 0. The highest BCUT2D eigenvalue weighted by atomic mass is 14.2. The van der Waals surface area contributed by atoms with Gasteiger partial charge in [0.2, 0.25) is 0 Å². The van der Waals surface area contributed by atoms with Gasteiger partial charge in [-0.3, -0.25) is 0 Å². The van der Waals surface area contributed by atoms with Crippen molar-refractivity contribution in [1.82, 2.24) is 0 Å². The molecule has 0 saturated heterocycles. The standard InChI is InChI=1S/C10H17/c1-3-9(2)10-7-5-4-6-8-10/h5,7,9-10H,2-4,6,8H2,1H3. The van der Waals surface area contributed by atoms with E-state index in [1.54, 1.807) is 0 Å². The molecule has 0 aromatic rings. The first-order valence-corrected chi connectivity index (χ1v) is 4.34. The van der Waals surface area contributed by atoms with E-state index in [1.807, 2.05) is 0 Å². The summed E-state index contributed by atoms with van der Waals surface area (Å²) in [6.45, 7) is 6.35. The minimum atomic E-state index is 0.650. The van der Waals surface area contributed by atoms with Crippen LogP contribution >= 0.6 is 0 Å². The van der Waals surface area contributed by atoms with Gasteiger partial charge in [0, 0.05) is 0 Å². The lowest BCUT2D eigenvalue weighted by molar-refractivity contribution is 0.408. The summed E-state index contributed by atoms with van der Waals surface area (Å²) in [5.41, 5.74) is 0. The Morgan fingerprint density at radius 1 is 1.70 bits per heavy atom. The molecule has 0 saturated carbocycles. The van der Waals surface area contributed by atoms with E-state index in [0.717, 1.165) is 5.92 Å². The molecule has 57 valence electrons. The fourth-order valence-electron chi connectivity index (χ4n) is 1.53. The molecular weight excluding hydrogens is 120 g/mol. The average molecular weight is 137 g/mol. The largest absolute Gasteiger partial charge is 0.0882 e. The highest BCUT2D eigenvalue weighted by Crippen LogP contribution is 2.25. The third-order valence-electron chi connectivity index (χ3n) is 2.42. The minimum absolute atomic E-state index is 0.650. The highest BCUT2D eigenvalue weighted by molar-refractivity contribution is 4.95. The van der Waals surface area contributed by atoms with Crippen LogP contribution in [0.25, 0.3) is 0 Å². The summed E-state index contributed by atoms with van der Waals surface area (Å²) in [4.78, 5) is 0. The number of hydrogen-bond donors (Lipinski definition) is 0.